The molecule has 0 atom stereocenters. The summed E-state index contributed by atoms with van der Waals surface area (Å²) in [5.41, 5.74) is 9.17. The van der Waals surface area contributed by atoms with Crippen molar-refractivity contribution in [2.45, 2.75) is 4.90 Å². The predicted molar refractivity (Wildman–Crippen MR) is 104 cm³/mol. The number of nitrogens with two attached hydrogens (primary N) is 1. The van der Waals surface area contributed by atoms with E-state index in [4.69, 9.17) is 5.73 Å². The van der Waals surface area contributed by atoms with Gasteiger partial charge in [0.15, 0.2) is 9.84 Å². The summed E-state index contributed by atoms with van der Waals surface area (Å²) in [5.74, 6) is 0.585. The molecule has 0 saturated heterocycles. The summed E-state index contributed by atoms with van der Waals surface area (Å²) in [6.45, 7) is 0. The Morgan fingerprint density at radius 3 is 2.67 bits per heavy atom. The van der Waals surface area contributed by atoms with Gasteiger partial charge in [-0.3, -0.25) is 5.10 Å². The van der Waals surface area contributed by atoms with Crippen molar-refractivity contribution in [2.75, 3.05) is 17.3 Å². The summed E-state index contributed by atoms with van der Waals surface area (Å²) in [6.07, 6.45) is 4.52. The first-order valence-corrected chi connectivity index (χ1v) is 9.93. The van der Waals surface area contributed by atoms with Crippen LogP contribution in [-0.4, -0.2) is 34.8 Å². The summed E-state index contributed by atoms with van der Waals surface area (Å²) >= 11 is 0. The summed E-state index contributed by atoms with van der Waals surface area (Å²) in [5, 5.41) is 10.9. The molecule has 0 aliphatic carbocycles. The fourth-order valence-electron chi connectivity index (χ4n) is 2.80. The van der Waals surface area contributed by atoms with E-state index in [-0.39, 0.29) is 10.8 Å². The van der Waals surface area contributed by atoms with Gasteiger partial charge in [0.1, 0.15) is 5.82 Å². The van der Waals surface area contributed by atoms with E-state index < -0.39 is 9.84 Å². The molecule has 0 radical (unpaired) electrons. The lowest BCUT2D eigenvalue weighted by atomic mass is 10.0. The predicted octanol–water partition coefficient (Wildman–Crippen LogP) is 2.75. The molecule has 2 aromatic heterocycles. The highest BCUT2D eigenvalue weighted by molar-refractivity contribution is 7.90. The van der Waals surface area contributed by atoms with Crippen molar-refractivity contribution in [3.8, 4) is 11.1 Å². The average Bonchev–Trinajstić information content (AvgIpc) is 3.10. The quantitative estimate of drug-likeness (QED) is 0.497. The van der Waals surface area contributed by atoms with Crippen molar-refractivity contribution in [2.24, 2.45) is 0 Å². The van der Waals surface area contributed by atoms with Gasteiger partial charge in [-0.05, 0) is 29.8 Å². The Balaban J connectivity index is 1.68. The molecular formula is C18H16N6O2S. The van der Waals surface area contributed by atoms with Crippen LogP contribution in [0.3, 0.4) is 0 Å². The first-order chi connectivity index (χ1) is 12.9. The Morgan fingerprint density at radius 2 is 1.89 bits per heavy atom. The van der Waals surface area contributed by atoms with Crippen LogP contribution in [0.2, 0.25) is 0 Å². The normalized spacial score (nSPS) is 11.6. The Hall–Kier alpha value is -3.46. The van der Waals surface area contributed by atoms with E-state index in [1.54, 1.807) is 24.5 Å². The van der Waals surface area contributed by atoms with Crippen LogP contribution in [-0.2, 0) is 9.84 Å². The molecule has 136 valence electrons. The number of nitrogens with one attached hydrogen (secondary N) is 2. The van der Waals surface area contributed by atoms with E-state index in [9.17, 15) is 8.42 Å². The van der Waals surface area contributed by atoms with Crippen LogP contribution < -0.4 is 11.1 Å². The third-order valence-electron chi connectivity index (χ3n) is 4.11. The summed E-state index contributed by atoms with van der Waals surface area (Å²) in [4.78, 5) is 8.83. The number of anilines is 3. The molecule has 2 aromatic carbocycles. The molecule has 4 aromatic rings. The maximum Gasteiger partial charge on any atom is 0.229 e. The molecule has 2 heterocycles. The fourth-order valence-corrected chi connectivity index (χ4v) is 3.47. The molecule has 9 heteroatoms. The van der Waals surface area contributed by atoms with Crippen molar-refractivity contribution in [3.05, 3.63) is 54.9 Å². The van der Waals surface area contributed by atoms with Crippen molar-refractivity contribution in [3.63, 3.8) is 0 Å². The molecule has 4 N–H and O–H groups in total. The first-order valence-electron chi connectivity index (χ1n) is 8.04. The fraction of sp³-hybridized carbons (Fsp3) is 0.0556. The zero-order valence-electron chi connectivity index (χ0n) is 14.3. The van der Waals surface area contributed by atoms with Crippen LogP contribution in [0.15, 0.2) is 59.8 Å². The number of nitrogen functional groups attached to an aromatic ring is 1. The van der Waals surface area contributed by atoms with Gasteiger partial charge in [0, 0.05) is 29.1 Å². The van der Waals surface area contributed by atoms with E-state index in [0.29, 0.717) is 17.1 Å². The number of aromatic nitrogens is 4. The molecule has 27 heavy (non-hydrogen) atoms. The van der Waals surface area contributed by atoms with E-state index in [2.05, 4.69) is 25.5 Å². The number of aromatic amines is 1. The number of H-pyrrole nitrogens is 1. The van der Waals surface area contributed by atoms with Gasteiger partial charge in [-0.25, -0.2) is 13.4 Å². The Labute approximate surface area is 155 Å². The number of sulfone groups is 1. The molecule has 0 unspecified atom stereocenters. The molecular weight excluding hydrogens is 364 g/mol. The lowest BCUT2D eigenvalue weighted by Gasteiger charge is -2.10. The number of rotatable bonds is 4. The third-order valence-corrected chi connectivity index (χ3v) is 5.22. The smallest absolute Gasteiger partial charge is 0.229 e. The molecule has 0 saturated carbocycles. The van der Waals surface area contributed by atoms with Crippen LogP contribution in [0, 0.1) is 0 Å². The number of nitrogens with zero attached hydrogens (tertiary/aromatic N) is 3. The summed E-state index contributed by atoms with van der Waals surface area (Å²) in [7, 11) is -3.30. The average molecular weight is 380 g/mol. The lowest BCUT2D eigenvalue weighted by Crippen LogP contribution is -2.03. The van der Waals surface area contributed by atoms with Gasteiger partial charge >= 0.3 is 0 Å². The molecule has 0 bridgehead atoms. The van der Waals surface area contributed by atoms with Crippen LogP contribution in [0.4, 0.5) is 17.5 Å². The van der Waals surface area contributed by atoms with Crippen LogP contribution in [0.25, 0.3) is 22.0 Å². The maximum atomic E-state index is 11.7. The van der Waals surface area contributed by atoms with Crippen LogP contribution in [0.5, 0.6) is 0 Å². The molecule has 0 aliphatic rings. The number of hydrogen-bond donors (Lipinski definition) is 3. The van der Waals surface area contributed by atoms with Gasteiger partial charge in [-0.15, -0.1) is 0 Å². The van der Waals surface area contributed by atoms with Crippen molar-refractivity contribution < 1.29 is 8.42 Å². The van der Waals surface area contributed by atoms with Crippen molar-refractivity contribution >= 4 is 38.2 Å². The van der Waals surface area contributed by atoms with Gasteiger partial charge in [-0.1, -0.05) is 18.2 Å². The highest BCUT2D eigenvalue weighted by atomic mass is 32.2. The zero-order chi connectivity index (χ0) is 19.0. The molecule has 0 spiro atoms. The Morgan fingerprint density at radius 1 is 1.07 bits per heavy atom. The standard InChI is InChI=1S/C18H16N6O2S/c1-27(25,26)12-5-2-4-11(8-12)22-18-20-9-15(17(19)23-18)13-6-3-7-16-14(13)10-21-24-16/h2-10H,1H3,(H,21,24)(H3,19,20,22,23). The van der Waals surface area contributed by atoms with Gasteiger partial charge in [-0.2, -0.15) is 10.1 Å². The highest BCUT2D eigenvalue weighted by Gasteiger charge is 2.12. The second-order valence-electron chi connectivity index (χ2n) is 6.05. The first kappa shape index (κ1) is 17.0. The topological polar surface area (TPSA) is 127 Å². The minimum atomic E-state index is -3.30. The number of fused-ring (bicyclic) bond motifs is 1. The van der Waals surface area contributed by atoms with Crippen molar-refractivity contribution in [1.29, 1.82) is 0 Å². The minimum Gasteiger partial charge on any atom is -0.383 e. The molecule has 0 amide bonds. The molecule has 4 rings (SSSR count). The third kappa shape index (κ3) is 3.32. The molecule has 0 aliphatic heterocycles. The van der Waals surface area contributed by atoms with E-state index in [0.717, 1.165) is 22.7 Å². The summed E-state index contributed by atoms with van der Waals surface area (Å²) in [6, 6.07) is 12.2. The largest absolute Gasteiger partial charge is 0.383 e. The van der Waals surface area contributed by atoms with Gasteiger partial charge in [0.2, 0.25) is 5.95 Å². The minimum absolute atomic E-state index is 0.212. The van der Waals surface area contributed by atoms with Gasteiger partial charge in [0.25, 0.3) is 0 Å². The Bertz CT molecular complexity index is 1250. The van der Waals surface area contributed by atoms with Gasteiger partial charge in [0.05, 0.1) is 16.6 Å². The molecule has 8 nitrogen and oxygen atoms in total. The highest BCUT2D eigenvalue weighted by Crippen LogP contribution is 2.31. The van der Waals surface area contributed by atoms with Gasteiger partial charge < -0.3 is 11.1 Å². The van der Waals surface area contributed by atoms with Crippen LogP contribution in [0.1, 0.15) is 0 Å². The monoisotopic (exact) mass is 380 g/mol. The number of benzene rings is 2. The lowest BCUT2D eigenvalue weighted by molar-refractivity contribution is 0.602. The van der Waals surface area contributed by atoms with E-state index >= 15 is 0 Å². The maximum absolute atomic E-state index is 11.7. The summed E-state index contributed by atoms with van der Waals surface area (Å²) < 4.78 is 23.4. The second-order valence-corrected chi connectivity index (χ2v) is 8.07. The van der Waals surface area contributed by atoms with Crippen molar-refractivity contribution in [1.82, 2.24) is 20.2 Å². The van der Waals surface area contributed by atoms with E-state index in [1.165, 1.54) is 12.1 Å². The van der Waals surface area contributed by atoms with Crippen LogP contribution >= 0.6 is 0 Å². The van der Waals surface area contributed by atoms with E-state index in [1.807, 2.05) is 18.2 Å². The Kier molecular flexibility index (Phi) is 4.00. The number of hydrogen-bond acceptors (Lipinski definition) is 7. The molecule has 0 fully saturated rings. The zero-order valence-corrected chi connectivity index (χ0v) is 15.2. The second kappa shape index (κ2) is 6.36. The SMILES string of the molecule is CS(=O)(=O)c1cccc(Nc2ncc(-c3cccc4[nH]ncc34)c(N)n2)c1.